The van der Waals surface area contributed by atoms with Crippen LogP contribution >= 0.6 is 0 Å². The van der Waals surface area contributed by atoms with E-state index in [1.54, 1.807) is 0 Å². The van der Waals surface area contributed by atoms with Gasteiger partial charge in [-0.1, -0.05) is 0 Å². The zero-order chi connectivity index (χ0) is 5.98. The second-order valence-corrected chi connectivity index (χ2v) is 1.32. The molecule has 0 spiro atoms. The van der Waals surface area contributed by atoms with Crippen molar-refractivity contribution in [2.75, 3.05) is 0 Å². The van der Waals surface area contributed by atoms with Crippen LogP contribution in [0.2, 0.25) is 0 Å². The van der Waals surface area contributed by atoms with Gasteiger partial charge in [0.1, 0.15) is 0 Å². The molecule has 0 saturated heterocycles. The van der Waals surface area contributed by atoms with Gasteiger partial charge in [0.15, 0.2) is 6.29 Å². The van der Waals surface area contributed by atoms with E-state index in [-0.39, 0.29) is 11.4 Å². The SMILES string of the molecule is O=Cc1c[nH]c(=O)[nH]1. The Hall–Kier alpha value is -1.32. The minimum absolute atomic E-state index is 0.273. The third-order valence-electron chi connectivity index (χ3n) is 0.744. The number of hydrogen-bond donors (Lipinski definition) is 2. The normalized spacial score (nSPS) is 9.00. The Morgan fingerprint density at radius 3 is 2.62 bits per heavy atom. The third kappa shape index (κ3) is 0.676. The van der Waals surface area contributed by atoms with Gasteiger partial charge >= 0.3 is 5.69 Å². The summed E-state index contributed by atoms with van der Waals surface area (Å²) in [5, 5.41) is 0. The van der Waals surface area contributed by atoms with Crippen LogP contribution in [0.25, 0.3) is 0 Å². The van der Waals surface area contributed by atoms with Crippen LogP contribution in [0.3, 0.4) is 0 Å². The first-order valence-corrected chi connectivity index (χ1v) is 2.06. The molecule has 2 N–H and O–H groups in total. The maximum absolute atomic E-state index is 10.2. The van der Waals surface area contributed by atoms with E-state index in [2.05, 4.69) is 9.97 Å². The van der Waals surface area contributed by atoms with Crippen LogP contribution in [0.1, 0.15) is 10.5 Å². The molecule has 0 aliphatic heterocycles. The Labute approximate surface area is 44.5 Å². The lowest BCUT2D eigenvalue weighted by atomic mass is 10.6. The van der Waals surface area contributed by atoms with Crippen molar-refractivity contribution in [3.8, 4) is 0 Å². The van der Waals surface area contributed by atoms with Crippen molar-refractivity contribution >= 4 is 6.29 Å². The molecule has 0 aromatic carbocycles. The molecular weight excluding hydrogens is 108 g/mol. The summed E-state index contributed by atoms with van der Waals surface area (Å²) >= 11 is 0. The molecule has 1 aromatic heterocycles. The van der Waals surface area contributed by atoms with Gasteiger partial charge in [-0.3, -0.25) is 4.79 Å². The summed E-state index contributed by atoms with van der Waals surface area (Å²) in [7, 11) is 0. The average Bonchev–Trinajstić information content (AvgIpc) is 2.14. The molecule has 4 nitrogen and oxygen atoms in total. The fourth-order valence-electron chi connectivity index (χ4n) is 0.410. The summed E-state index contributed by atoms with van der Waals surface area (Å²) in [5.41, 5.74) is -0.0814. The first-order chi connectivity index (χ1) is 3.83. The van der Waals surface area contributed by atoms with Crippen molar-refractivity contribution in [3.63, 3.8) is 0 Å². The highest BCUT2D eigenvalue weighted by Gasteiger charge is 1.87. The van der Waals surface area contributed by atoms with Crippen molar-refractivity contribution < 1.29 is 4.79 Å². The zero-order valence-electron chi connectivity index (χ0n) is 3.97. The number of aldehydes is 1. The lowest BCUT2D eigenvalue weighted by Gasteiger charge is -1.67. The van der Waals surface area contributed by atoms with Gasteiger partial charge in [0.05, 0.1) is 5.69 Å². The van der Waals surface area contributed by atoms with Crippen molar-refractivity contribution in [3.05, 3.63) is 22.4 Å². The van der Waals surface area contributed by atoms with Gasteiger partial charge in [0.25, 0.3) is 0 Å². The number of nitrogens with one attached hydrogen (secondary N) is 2. The highest BCUT2D eigenvalue weighted by Crippen LogP contribution is 1.75. The highest BCUT2D eigenvalue weighted by molar-refractivity contribution is 5.70. The molecule has 42 valence electrons. The predicted octanol–water partition coefficient (Wildman–Crippen LogP) is -0.485. The molecule has 0 fully saturated rings. The van der Waals surface area contributed by atoms with E-state index in [1.165, 1.54) is 6.20 Å². The standard InChI is InChI=1S/C4H4N2O2/c7-2-3-1-5-4(8)6-3/h1-2H,(H2,5,6,8). The second kappa shape index (κ2) is 1.65. The van der Waals surface area contributed by atoms with E-state index >= 15 is 0 Å². The minimum Gasteiger partial charge on any atom is -0.312 e. The van der Waals surface area contributed by atoms with Gasteiger partial charge < -0.3 is 9.97 Å². The van der Waals surface area contributed by atoms with E-state index in [9.17, 15) is 9.59 Å². The van der Waals surface area contributed by atoms with Gasteiger partial charge in [-0.15, -0.1) is 0 Å². The molecule has 0 aliphatic carbocycles. The number of carbonyl (C=O) groups excluding carboxylic acids is 1. The summed E-state index contributed by atoms with van der Waals surface area (Å²) in [4.78, 5) is 24.5. The average molecular weight is 112 g/mol. The monoisotopic (exact) mass is 112 g/mol. The van der Waals surface area contributed by atoms with E-state index in [0.29, 0.717) is 6.29 Å². The van der Waals surface area contributed by atoms with Crippen molar-refractivity contribution in [2.24, 2.45) is 0 Å². The summed E-state index contributed by atoms with van der Waals surface area (Å²) in [6, 6.07) is 0. The Kier molecular flexibility index (Phi) is 0.997. The molecule has 1 heterocycles. The Balaban J connectivity index is 3.18. The molecule has 0 aliphatic rings. The zero-order valence-corrected chi connectivity index (χ0v) is 3.97. The van der Waals surface area contributed by atoms with Crippen LogP contribution in [0.5, 0.6) is 0 Å². The van der Waals surface area contributed by atoms with Crippen LogP contribution in [-0.4, -0.2) is 16.3 Å². The molecule has 0 bridgehead atoms. The summed E-state index contributed by atoms with van der Waals surface area (Å²) in [6.07, 6.45) is 1.88. The molecule has 4 heteroatoms. The van der Waals surface area contributed by atoms with Crippen LogP contribution in [0.15, 0.2) is 11.0 Å². The molecule has 1 rings (SSSR count). The fourth-order valence-corrected chi connectivity index (χ4v) is 0.410. The second-order valence-electron chi connectivity index (χ2n) is 1.32. The van der Waals surface area contributed by atoms with Gasteiger partial charge in [-0.25, -0.2) is 4.79 Å². The van der Waals surface area contributed by atoms with Gasteiger partial charge in [0, 0.05) is 6.20 Å². The summed E-state index contributed by atoms with van der Waals surface area (Å²) in [5.74, 6) is 0. The van der Waals surface area contributed by atoms with E-state index < -0.39 is 0 Å². The first-order valence-electron chi connectivity index (χ1n) is 2.06. The Bertz CT molecular complexity index is 234. The molecule has 0 amide bonds. The summed E-state index contributed by atoms with van der Waals surface area (Å²) in [6.45, 7) is 0. The number of imidazole rings is 1. The number of hydrogen-bond acceptors (Lipinski definition) is 2. The quantitative estimate of drug-likeness (QED) is 0.481. The van der Waals surface area contributed by atoms with E-state index in [4.69, 9.17) is 0 Å². The number of rotatable bonds is 1. The maximum Gasteiger partial charge on any atom is 0.323 e. The smallest absolute Gasteiger partial charge is 0.312 e. The van der Waals surface area contributed by atoms with Crippen molar-refractivity contribution in [1.29, 1.82) is 0 Å². The first kappa shape index (κ1) is 4.83. The Morgan fingerprint density at radius 2 is 2.38 bits per heavy atom. The topological polar surface area (TPSA) is 65.7 Å². The van der Waals surface area contributed by atoms with Crippen LogP contribution in [-0.2, 0) is 0 Å². The van der Waals surface area contributed by atoms with E-state index in [0.717, 1.165) is 0 Å². The maximum atomic E-state index is 10.2. The third-order valence-corrected chi connectivity index (χ3v) is 0.744. The molecule has 1 aromatic rings. The van der Waals surface area contributed by atoms with Gasteiger partial charge in [0.2, 0.25) is 0 Å². The summed E-state index contributed by atoms with van der Waals surface area (Å²) < 4.78 is 0. The molecular formula is C4H4N2O2. The number of carbonyl (C=O) groups is 1. The number of aromatic nitrogens is 2. The molecule has 0 atom stereocenters. The lowest BCUT2D eigenvalue weighted by Crippen LogP contribution is -2.00. The highest BCUT2D eigenvalue weighted by atomic mass is 16.1. The molecule has 0 unspecified atom stereocenters. The van der Waals surface area contributed by atoms with Gasteiger partial charge in [-0.05, 0) is 0 Å². The molecule has 0 radical (unpaired) electrons. The largest absolute Gasteiger partial charge is 0.323 e. The number of H-pyrrole nitrogens is 2. The van der Waals surface area contributed by atoms with Gasteiger partial charge in [-0.2, -0.15) is 0 Å². The van der Waals surface area contributed by atoms with Crippen molar-refractivity contribution in [1.82, 2.24) is 9.97 Å². The Morgan fingerprint density at radius 1 is 1.62 bits per heavy atom. The minimum atomic E-state index is -0.355. The van der Waals surface area contributed by atoms with Crippen LogP contribution in [0.4, 0.5) is 0 Å². The molecule has 8 heavy (non-hydrogen) atoms. The van der Waals surface area contributed by atoms with E-state index in [1.807, 2.05) is 0 Å². The molecule has 0 saturated carbocycles. The lowest BCUT2D eigenvalue weighted by molar-refractivity contribution is 0.111. The fraction of sp³-hybridized carbons (Fsp3) is 0. The van der Waals surface area contributed by atoms with Crippen molar-refractivity contribution in [2.45, 2.75) is 0 Å². The van der Waals surface area contributed by atoms with Crippen LogP contribution in [0, 0.1) is 0 Å². The predicted molar refractivity (Wildman–Crippen MR) is 26.8 cm³/mol. The van der Waals surface area contributed by atoms with Crippen LogP contribution < -0.4 is 5.69 Å². The number of aromatic amines is 2.